The SMILES string of the molecule is CC1CCCC(C(=O)N2CCC(C)C2CO)C1N. The minimum absolute atomic E-state index is 0.00179. The van der Waals surface area contributed by atoms with Crippen molar-refractivity contribution in [2.45, 2.75) is 51.6 Å². The molecule has 1 aliphatic carbocycles. The average molecular weight is 254 g/mol. The predicted octanol–water partition coefficient (Wildman–Crippen LogP) is 0.979. The van der Waals surface area contributed by atoms with Crippen LogP contribution < -0.4 is 5.73 Å². The van der Waals surface area contributed by atoms with Crippen molar-refractivity contribution in [3.05, 3.63) is 0 Å². The van der Waals surface area contributed by atoms with E-state index in [9.17, 15) is 9.90 Å². The Morgan fingerprint density at radius 3 is 2.67 bits per heavy atom. The van der Waals surface area contributed by atoms with E-state index in [1.165, 1.54) is 0 Å². The normalized spacial score (nSPS) is 41.1. The highest BCUT2D eigenvalue weighted by molar-refractivity contribution is 5.80. The van der Waals surface area contributed by atoms with Gasteiger partial charge in [-0.25, -0.2) is 0 Å². The van der Waals surface area contributed by atoms with Crippen LogP contribution in [0.3, 0.4) is 0 Å². The monoisotopic (exact) mass is 254 g/mol. The summed E-state index contributed by atoms with van der Waals surface area (Å²) in [5.74, 6) is 0.974. The van der Waals surface area contributed by atoms with E-state index in [4.69, 9.17) is 5.73 Å². The Morgan fingerprint density at radius 2 is 2.00 bits per heavy atom. The maximum atomic E-state index is 12.6. The smallest absolute Gasteiger partial charge is 0.227 e. The zero-order chi connectivity index (χ0) is 13.3. The van der Waals surface area contributed by atoms with E-state index in [-0.39, 0.29) is 30.5 Å². The zero-order valence-corrected chi connectivity index (χ0v) is 11.5. The lowest BCUT2D eigenvalue weighted by Gasteiger charge is -2.37. The largest absolute Gasteiger partial charge is 0.394 e. The molecule has 2 aliphatic rings. The molecule has 4 nitrogen and oxygen atoms in total. The van der Waals surface area contributed by atoms with Crippen LogP contribution in [0.25, 0.3) is 0 Å². The van der Waals surface area contributed by atoms with Gasteiger partial charge in [0.2, 0.25) is 5.91 Å². The van der Waals surface area contributed by atoms with Gasteiger partial charge in [-0.1, -0.05) is 20.3 Å². The molecular formula is C14H26N2O2. The molecule has 104 valence electrons. The molecule has 4 heteroatoms. The van der Waals surface area contributed by atoms with Crippen LogP contribution in [0.1, 0.15) is 39.5 Å². The number of hydrogen-bond donors (Lipinski definition) is 2. The first kappa shape index (κ1) is 13.8. The lowest BCUT2D eigenvalue weighted by Crippen LogP contribution is -2.51. The second-order valence-electron chi connectivity index (χ2n) is 6.14. The van der Waals surface area contributed by atoms with Crippen molar-refractivity contribution in [3.63, 3.8) is 0 Å². The second kappa shape index (κ2) is 5.57. The number of rotatable bonds is 2. The van der Waals surface area contributed by atoms with Crippen molar-refractivity contribution < 1.29 is 9.90 Å². The molecule has 0 aromatic carbocycles. The van der Waals surface area contributed by atoms with E-state index in [1.54, 1.807) is 0 Å². The molecule has 0 radical (unpaired) electrons. The quantitative estimate of drug-likeness (QED) is 0.772. The number of aliphatic hydroxyl groups is 1. The van der Waals surface area contributed by atoms with Crippen molar-refractivity contribution >= 4 is 5.91 Å². The summed E-state index contributed by atoms with van der Waals surface area (Å²) >= 11 is 0. The standard InChI is InChI=1S/C14H26N2O2/c1-9-6-7-16(12(9)8-17)14(18)11-5-3-4-10(2)13(11)15/h9-13,17H,3-8,15H2,1-2H3. The van der Waals surface area contributed by atoms with E-state index in [2.05, 4.69) is 13.8 Å². The maximum absolute atomic E-state index is 12.6. The van der Waals surface area contributed by atoms with Crippen molar-refractivity contribution in [3.8, 4) is 0 Å². The Hall–Kier alpha value is -0.610. The number of carbonyl (C=O) groups excluding carboxylic acids is 1. The van der Waals surface area contributed by atoms with E-state index >= 15 is 0 Å². The molecule has 2 rings (SSSR count). The molecule has 5 unspecified atom stereocenters. The lowest BCUT2D eigenvalue weighted by molar-refractivity contribution is -0.139. The van der Waals surface area contributed by atoms with Gasteiger partial charge < -0.3 is 15.7 Å². The van der Waals surface area contributed by atoms with Crippen molar-refractivity contribution in [1.29, 1.82) is 0 Å². The van der Waals surface area contributed by atoms with Gasteiger partial charge in [0.25, 0.3) is 0 Å². The summed E-state index contributed by atoms with van der Waals surface area (Å²) < 4.78 is 0. The fourth-order valence-corrected chi connectivity index (χ4v) is 3.50. The summed E-state index contributed by atoms with van der Waals surface area (Å²) in [6, 6.07) is -0.0107. The number of nitrogens with zero attached hydrogens (tertiary/aromatic N) is 1. The summed E-state index contributed by atoms with van der Waals surface area (Å²) in [5, 5.41) is 9.45. The number of amides is 1. The highest BCUT2D eigenvalue weighted by atomic mass is 16.3. The van der Waals surface area contributed by atoms with Gasteiger partial charge in [-0.05, 0) is 31.1 Å². The van der Waals surface area contributed by atoms with Crippen molar-refractivity contribution in [2.24, 2.45) is 23.5 Å². The minimum Gasteiger partial charge on any atom is -0.394 e. The maximum Gasteiger partial charge on any atom is 0.227 e. The molecule has 0 spiro atoms. The topological polar surface area (TPSA) is 66.6 Å². The van der Waals surface area contributed by atoms with Crippen LogP contribution in [0.15, 0.2) is 0 Å². The van der Waals surface area contributed by atoms with E-state index in [1.807, 2.05) is 4.90 Å². The fraction of sp³-hybridized carbons (Fsp3) is 0.929. The molecule has 1 amide bonds. The predicted molar refractivity (Wildman–Crippen MR) is 70.8 cm³/mol. The van der Waals surface area contributed by atoms with Crippen LogP contribution >= 0.6 is 0 Å². The van der Waals surface area contributed by atoms with E-state index in [0.717, 1.165) is 32.2 Å². The molecule has 5 atom stereocenters. The molecule has 0 aromatic heterocycles. The number of nitrogens with two attached hydrogens (primary N) is 1. The van der Waals surface area contributed by atoms with E-state index < -0.39 is 0 Å². The first-order chi connectivity index (χ1) is 8.56. The highest BCUT2D eigenvalue weighted by Crippen LogP contribution is 2.32. The van der Waals surface area contributed by atoms with Gasteiger partial charge in [-0.2, -0.15) is 0 Å². The van der Waals surface area contributed by atoms with Crippen molar-refractivity contribution in [1.82, 2.24) is 4.90 Å². The van der Waals surface area contributed by atoms with Crippen LogP contribution in [0.2, 0.25) is 0 Å². The lowest BCUT2D eigenvalue weighted by atomic mass is 9.77. The van der Waals surface area contributed by atoms with E-state index in [0.29, 0.717) is 11.8 Å². The Kier molecular flexibility index (Phi) is 4.28. The van der Waals surface area contributed by atoms with Crippen LogP contribution in [0.5, 0.6) is 0 Å². The third-order valence-electron chi connectivity index (χ3n) is 4.97. The third kappa shape index (κ3) is 2.41. The van der Waals surface area contributed by atoms with Gasteiger partial charge in [0.05, 0.1) is 18.6 Å². The Balaban J connectivity index is 2.06. The molecule has 1 heterocycles. The molecule has 0 aromatic rings. The summed E-state index contributed by atoms with van der Waals surface area (Å²) in [6.45, 7) is 5.10. The summed E-state index contributed by atoms with van der Waals surface area (Å²) in [6.07, 6.45) is 4.13. The molecule has 1 saturated carbocycles. The Labute approximate surface area is 110 Å². The first-order valence-corrected chi connectivity index (χ1v) is 7.23. The number of carbonyl (C=O) groups is 1. The fourth-order valence-electron chi connectivity index (χ4n) is 3.50. The van der Waals surface area contributed by atoms with Crippen molar-refractivity contribution in [2.75, 3.05) is 13.2 Å². The van der Waals surface area contributed by atoms with Gasteiger partial charge in [0.15, 0.2) is 0 Å². The number of likely N-dealkylation sites (tertiary alicyclic amines) is 1. The van der Waals surface area contributed by atoms with Crippen LogP contribution in [-0.2, 0) is 4.79 Å². The highest BCUT2D eigenvalue weighted by Gasteiger charge is 2.40. The van der Waals surface area contributed by atoms with Gasteiger partial charge in [0, 0.05) is 12.6 Å². The summed E-state index contributed by atoms with van der Waals surface area (Å²) in [5.41, 5.74) is 6.20. The van der Waals surface area contributed by atoms with Crippen LogP contribution in [-0.4, -0.2) is 41.1 Å². The third-order valence-corrected chi connectivity index (χ3v) is 4.97. The summed E-state index contributed by atoms with van der Waals surface area (Å²) in [7, 11) is 0. The van der Waals surface area contributed by atoms with Gasteiger partial charge in [-0.15, -0.1) is 0 Å². The molecule has 2 fully saturated rings. The molecule has 1 saturated heterocycles. The van der Waals surface area contributed by atoms with Gasteiger partial charge >= 0.3 is 0 Å². The van der Waals surface area contributed by atoms with Crippen LogP contribution in [0, 0.1) is 17.8 Å². The van der Waals surface area contributed by atoms with Gasteiger partial charge in [0.1, 0.15) is 0 Å². The minimum atomic E-state index is -0.0342. The Bertz CT molecular complexity index is 302. The summed E-state index contributed by atoms with van der Waals surface area (Å²) in [4.78, 5) is 14.5. The molecular weight excluding hydrogens is 228 g/mol. The zero-order valence-electron chi connectivity index (χ0n) is 11.5. The molecule has 3 N–H and O–H groups in total. The number of aliphatic hydroxyl groups excluding tert-OH is 1. The first-order valence-electron chi connectivity index (χ1n) is 7.23. The molecule has 1 aliphatic heterocycles. The molecule has 18 heavy (non-hydrogen) atoms. The van der Waals surface area contributed by atoms with Crippen LogP contribution in [0.4, 0.5) is 0 Å². The van der Waals surface area contributed by atoms with Gasteiger partial charge in [-0.3, -0.25) is 4.79 Å². The second-order valence-corrected chi connectivity index (χ2v) is 6.14. The Morgan fingerprint density at radius 1 is 1.28 bits per heavy atom. The molecule has 0 bridgehead atoms. The average Bonchev–Trinajstić information content (AvgIpc) is 2.73. The number of hydrogen-bond acceptors (Lipinski definition) is 3.